The zero-order valence-corrected chi connectivity index (χ0v) is 16.6. The van der Waals surface area contributed by atoms with Crippen LogP contribution >= 0.6 is 7.82 Å². The van der Waals surface area contributed by atoms with Gasteiger partial charge in [-0.05, 0) is 29.5 Å². The van der Waals surface area contributed by atoms with E-state index in [9.17, 15) is 4.57 Å². The highest BCUT2D eigenvalue weighted by Crippen LogP contribution is 2.50. The van der Waals surface area contributed by atoms with Gasteiger partial charge in [-0.2, -0.15) is 0 Å². The SMILES string of the molecule is CCCCOP(=O)(OCCCC)OCc1ccc(-c2ccccc2)cc1. The second kappa shape index (κ2) is 11.3. The van der Waals surface area contributed by atoms with Crippen molar-refractivity contribution in [3.8, 4) is 11.1 Å². The molecular weight excluding hydrogens is 347 g/mol. The van der Waals surface area contributed by atoms with Crippen molar-refractivity contribution < 1.29 is 18.1 Å². The predicted octanol–water partition coefficient (Wildman–Crippen LogP) is 6.61. The molecular formula is C21H29O4P. The van der Waals surface area contributed by atoms with Gasteiger partial charge < -0.3 is 0 Å². The number of rotatable bonds is 12. The van der Waals surface area contributed by atoms with E-state index in [1.54, 1.807) is 0 Å². The minimum atomic E-state index is -3.51. The van der Waals surface area contributed by atoms with E-state index < -0.39 is 7.82 Å². The fourth-order valence-electron chi connectivity index (χ4n) is 2.33. The molecule has 0 saturated heterocycles. The molecule has 0 spiro atoms. The Hall–Kier alpha value is -1.45. The molecule has 0 unspecified atom stereocenters. The lowest BCUT2D eigenvalue weighted by Gasteiger charge is -2.18. The first kappa shape index (κ1) is 20.9. The number of phosphoric acid groups is 1. The Morgan fingerprint density at radius 3 is 1.81 bits per heavy atom. The van der Waals surface area contributed by atoms with Gasteiger partial charge in [0, 0.05) is 0 Å². The van der Waals surface area contributed by atoms with E-state index in [4.69, 9.17) is 13.6 Å². The van der Waals surface area contributed by atoms with E-state index in [0.29, 0.717) is 13.2 Å². The molecule has 0 saturated carbocycles. The van der Waals surface area contributed by atoms with Gasteiger partial charge in [-0.1, -0.05) is 81.3 Å². The van der Waals surface area contributed by atoms with Crippen molar-refractivity contribution >= 4 is 7.82 Å². The number of benzene rings is 2. The summed E-state index contributed by atoms with van der Waals surface area (Å²) < 4.78 is 29.2. The molecule has 4 nitrogen and oxygen atoms in total. The molecule has 0 aliphatic carbocycles. The van der Waals surface area contributed by atoms with Crippen molar-refractivity contribution in [1.82, 2.24) is 0 Å². The lowest BCUT2D eigenvalue weighted by atomic mass is 10.0. The molecule has 2 rings (SSSR count). The van der Waals surface area contributed by atoms with Crippen LogP contribution in [0, 0.1) is 0 Å². The van der Waals surface area contributed by atoms with Crippen LogP contribution < -0.4 is 0 Å². The van der Waals surface area contributed by atoms with Crippen molar-refractivity contribution in [3.63, 3.8) is 0 Å². The second-order valence-electron chi connectivity index (χ2n) is 6.16. The highest BCUT2D eigenvalue weighted by molar-refractivity contribution is 7.48. The van der Waals surface area contributed by atoms with Crippen LogP contribution in [-0.2, 0) is 24.7 Å². The Morgan fingerprint density at radius 2 is 1.27 bits per heavy atom. The van der Waals surface area contributed by atoms with Crippen LogP contribution in [0.1, 0.15) is 45.1 Å². The lowest BCUT2D eigenvalue weighted by Crippen LogP contribution is -2.03. The molecule has 0 heterocycles. The van der Waals surface area contributed by atoms with Crippen LogP contribution in [0.3, 0.4) is 0 Å². The minimum Gasteiger partial charge on any atom is -0.287 e. The first-order chi connectivity index (χ1) is 12.7. The summed E-state index contributed by atoms with van der Waals surface area (Å²) in [6.07, 6.45) is 3.60. The molecule has 0 fully saturated rings. The van der Waals surface area contributed by atoms with E-state index in [2.05, 4.69) is 26.0 Å². The first-order valence-electron chi connectivity index (χ1n) is 9.35. The lowest BCUT2D eigenvalue weighted by molar-refractivity contribution is 0.106. The van der Waals surface area contributed by atoms with Gasteiger partial charge in [0.2, 0.25) is 0 Å². The highest BCUT2D eigenvalue weighted by Gasteiger charge is 2.26. The van der Waals surface area contributed by atoms with Crippen molar-refractivity contribution in [2.45, 2.75) is 46.1 Å². The fourth-order valence-corrected chi connectivity index (χ4v) is 3.57. The van der Waals surface area contributed by atoms with Crippen LogP contribution in [0.25, 0.3) is 11.1 Å². The monoisotopic (exact) mass is 376 g/mol. The minimum absolute atomic E-state index is 0.199. The maximum Gasteiger partial charge on any atom is 0.475 e. The Balaban J connectivity index is 1.95. The zero-order valence-electron chi connectivity index (χ0n) is 15.7. The summed E-state index contributed by atoms with van der Waals surface area (Å²) in [5, 5.41) is 0. The Labute approximate surface area is 157 Å². The third-order valence-electron chi connectivity index (χ3n) is 3.94. The van der Waals surface area contributed by atoms with E-state index in [0.717, 1.165) is 42.4 Å². The van der Waals surface area contributed by atoms with Crippen LogP contribution in [0.5, 0.6) is 0 Å². The molecule has 26 heavy (non-hydrogen) atoms. The van der Waals surface area contributed by atoms with Crippen LogP contribution in [0.2, 0.25) is 0 Å². The zero-order chi connectivity index (χ0) is 18.7. The summed E-state index contributed by atoms with van der Waals surface area (Å²) in [5.74, 6) is 0. The van der Waals surface area contributed by atoms with E-state index in [1.165, 1.54) is 0 Å². The maximum absolute atomic E-state index is 12.8. The molecule has 2 aromatic carbocycles. The molecule has 0 N–H and O–H groups in total. The largest absolute Gasteiger partial charge is 0.475 e. The molecule has 0 bridgehead atoms. The van der Waals surface area contributed by atoms with Crippen molar-refractivity contribution in [2.75, 3.05) is 13.2 Å². The fraction of sp³-hybridized carbons (Fsp3) is 0.429. The molecule has 0 aliphatic heterocycles. The average molecular weight is 376 g/mol. The standard InChI is InChI=1S/C21H29O4P/c1-3-5-16-23-26(22,24-17-6-4-2)25-18-19-12-14-21(15-13-19)20-10-8-7-9-11-20/h7-15H,3-6,16-18H2,1-2H3. The molecule has 0 aliphatic rings. The van der Waals surface area contributed by atoms with Crippen LogP contribution in [0.4, 0.5) is 0 Å². The molecule has 0 radical (unpaired) electrons. The van der Waals surface area contributed by atoms with E-state index in [-0.39, 0.29) is 6.61 Å². The second-order valence-corrected chi connectivity index (χ2v) is 7.83. The number of phosphoric ester groups is 1. The van der Waals surface area contributed by atoms with Gasteiger partial charge in [0.1, 0.15) is 0 Å². The molecule has 0 atom stereocenters. The van der Waals surface area contributed by atoms with Gasteiger partial charge in [-0.25, -0.2) is 4.57 Å². The van der Waals surface area contributed by atoms with Gasteiger partial charge in [0.25, 0.3) is 0 Å². The number of hydrogen-bond donors (Lipinski definition) is 0. The van der Waals surface area contributed by atoms with Crippen molar-refractivity contribution in [3.05, 3.63) is 60.2 Å². The van der Waals surface area contributed by atoms with E-state index >= 15 is 0 Å². The van der Waals surface area contributed by atoms with Gasteiger partial charge in [-0.15, -0.1) is 0 Å². The first-order valence-corrected chi connectivity index (χ1v) is 10.8. The Kier molecular flexibility index (Phi) is 9.07. The molecule has 0 aromatic heterocycles. The summed E-state index contributed by atoms with van der Waals surface area (Å²) in [7, 11) is -3.51. The quantitative estimate of drug-likeness (QED) is 0.309. The summed E-state index contributed by atoms with van der Waals surface area (Å²) in [4.78, 5) is 0. The third kappa shape index (κ3) is 7.05. The normalized spacial score (nSPS) is 11.6. The van der Waals surface area contributed by atoms with Crippen LogP contribution in [-0.4, -0.2) is 13.2 Å². The summed E-state index contributed by atoms with van der Waals surface area (Å²) in [6.45, 7) is 5.08. The van der Waals surface area contributed by atoms with E-state index in [1.807, 2.05) is 42.5 Å². The average Bonchev–Trinajstić information content (AvgIpc) is 2.68. The number of hydrogen-bond acceptors (Lipinski definition) is 4. The highest BCUT2D eigenvalue weighted by atomic mass is 31.2. The number of unbranched alkanes of at least 4 members (excludes halogenated alkanes) is 2. The van der Waals surface area contributed by atoms with Crippen molar-refractivity contribution in [2.24, 2.45) is 0 Å². The molecule has 0 amide bonds. The van der Waals surface area contributed by atoms with Gasteiger partial charge in [0.15, 0.2) is 0 Å². The topological polar surface area (TPSA) is 44.8 Å². The van der Waals surface area contributed by atoms with Gasteiger partial charge in [-0.3, -0.25) is 13.6 Å². The van der Waals surface area contributed by atoms with Crippen LogP contribution in [0.15, 0.2) is 54.6 Å². The van der Waals surface area contributed by atoms with Crippen molar-refractivity contribution in [1.29, 1.82) is 0 Å². The molecule has 2 aromatic rings. The third-order valence-corrected chi connectivity index (χ3v) is 5.39. The Bertz CT molecular complexity index is 656. The predicted molar refractivity (Wildman–Crippen MR) is 106 cm³/mol. The summed E-state index contributed by atoms with van der Waals surface area (Å²) in [6, 6.07) is 18.2. The maximum atomic E-state index is 12.8. The Morgan fingerprint density at radius 1 is 0.731 bits per heavy atom. The molecule has 5 heteroatoms. The van der Waals surface area contributed by atoms with Gasteiger partial charge in [0.05, 0.1) is 19.8 Å². The molecule has 142 valence electrons. The smallest absolute Gasteiger partial charge is 0.287 e. The van der Waals surface area contributed by atoms with Gasteiger partial charge >= 0.3 is 7.82 Å². The summed E-state index contributed by atoms with van der Waals surface area (Å²) >= 11 is 0. The summed E-state index contributed by atoms with van der Waals surface area (Å²) in [5.41, 5.74) is 3.23.